The highest BCUT2D eigenvalue weighted by Gasteiger charge is 2.25. The molecule has 0 unspecified atom stereocenters. The lowest BCUT2D eigenvalue weighted by molar-refractivity contribution is 0.0796. The van der Waals surface area contributed by atoms with Crippen LogP contribution < -0.4 is 4.72 Å². The number of benzene rings is 1. The van der Waals surface area contributed by atoms with Gasteiger partial charge in [-0.2, -0.15) is 0 Å². The van der Waals surface area contributed by atoms with Crippen molar-refractivity contribution >= 4 is 55.9 Å². The van der Waals surface area contributed by atoms with Gasteiger partial charge >= 0.3 is 0 Å². The number of anilines is 1. The van der Waals surface area contributed by atoms with Crippen LogP contribution in [0.2, 0.25) is 5.02 Å². The molecule has 0 bridgehead atoms. The van der Waals surface area contributed by atoms with Gasteiger partial charge in [0.25, 0.3) is 15.9 Å². The van der Waals surface area contributed by atoms with E-state index in [9.17, 15) is 17.6 Å². The van der Waals surface area contributed by atoms with Gasteiger partial charge in [0.05, 0.1) is 11.4 Å². The molecule has 6 nitrogen and oxygen atoms in total. The van der Waals surface area contributed by atoms with E-state index in [1.165, 1.54) is 29.5 Å². The fourth-order valence-corrected chi connectivity index (χ4v) is 6.61. The highest BCUT2D eigenvalue weighted by atomic mass is 35.5. The lowest BCUT2D eigenvalue weighted by Gasteiger charge is -2.13. The Hall–Kier alpha value is -2.01. The first-order valence-electron chi connectivity index (χ1n) is 9.08. The number of aromatic nitrogens is 1. The third-order valence-electron chi connectivity index (χ3n) is 4.65. The second-order valence-electron chi connectivity index (χ2n) is 6.82. The van der Waals surface area contributed by atoms with Crippen molar-refractivity contribution in [3.8, 4) is 10.6 Å². The molecule has 0 aliphatic carbocycles. The molecular formula is C19H17ClFN3O3S3. The van der Waals surface area contributed by atoms with Crippen LogP contribution in [0.3, 0.4) is 0 Å². The van der Waals surface area contributed by atoms with Crippen LogP contribution in [0.1, 0.15) is 28.2 Å². The van der Waals surface area contributed by atoms with Crippen LogP contribution >= 0.6 is 34.3 Å². The smallest absolute Gasteiger partial charge is 0.271 e. The summed E-state index contributed by atoms with van der Waals surface area (Å²) in [6.07, 6.45) is 2.01. The molecule has 30 heavy (non-hydrogen) atoms. The van der Waals surface area contributed by atoms with Crippen molar-refractivity contribution in [3.05, 3.63) is 51.1 Å². The van der Waals surface area contributed by atoms with Crippen LogP contribution in [0.25, 0.3) is 10.6 Å². The first-order valence-corrected chi connectivity index (χ1v) is 12.6. The van der Waals surface area contributed by atoms with E-state index in [1.807, 2.05) is 4.90 Å². The molecule has 0 spiro atoms. The first-order chi connectivity index (χ1) is 14.2. The molecule has 1 aliphatic rings. The minimum atomic E-state index is -3.98. The summed E-state index contributed by atoms with van der Waals surface area (Å²) in [4.78, 5) is 19.5. The molecule has 4 rings (SSSR count). The van der Waals surface area contributed by atoms with E-state index in [4.69, 9.17) is 11.6 Å². The molecular weight excluding hydrogens is 469 g/mol. The normalized spacial score (nSPS) is 14.3. The number of carbonyl (C=O) groups is 1. The number of thiophene rings is 1. The predicted octanol–water partition coefficient (Wildman–Crippen LogP) is 5.01. The van der Waals surface area contributed by atoms with Gasteiger partial charge in [0.15, 0.2) is 0 Å². The molecule has 2 aromatic heterocycles. The number of amides is 1. The van der Waals surface area contributed by atoms with Gasteiger partial charge in [-0.25, -0.2) is 17.8 Å². The number of halogens is 2. The third kappa shape index (κ3) is 4.22. The summed E-state index contributed by atoms with van der Waals surface area (Å²) >= 11 is 7.96. The maximum absolute atomic E-state index is 14.0. The summed E-state index contributed by atoms with van der Waals surface area (Å²) in [7, 11) is -3.98. The Morgan fingerprint density at radius 2 is 2.00 bits per heavy atom. The standard InChI is InChI=1S/C19H17ClFN3O3S3/c1-11-17(19(25)24-6-2-3-7-24)29-18(22-11)12-8-16(28-10-12)30(26,27)23-15-5-4-13(20)9-14(15)21/h4-5,8-10,23H,2-3,6-7H2,1H3. The maximum atomic E-state index is 14.0. The number of sulfonamides is 1. The Morgan fingerprint density at radius 1 is 1.27 bits per heavy atom. The average Bonchev–Trinajstić information content (AvgIpc) is 3.43. The second-order valence-corrected chi connectivity index (χ2v) is 11.1. The summed E-state index contributed by atoms with van der Waals surface area (Å²) in [5.74, 6) is -0.792. The maximum Gasteiger partial charge on any atom is 0.271 e. The minimum Gasteiger partial charge on any atom is -0.338 e. The number of likely N-dealkylation sites (tertiary alicyclic amines) is 1. The Morgan fingerprint density at radius 3 is 2.70 bits per heavy atom. The molecule has 158 valence electrons. The van der Waals surface area contributed by atoms with E-state index < -0.39 is 15.8 Å². The van der Waals surface area contributed by atoms with Crippen LogP contribution in [-0.4, -0.2) is 37.3 Å². The number of rotatable bonds is 5. The van der Waals surface area contributed by atoms with Crippen LogP contribution in [0.15, 0.2) is 33.9 Å². The summed E-state index contributed by atoms with van der Waals surface area (Å²) in [5.41, 5.74) is 1.05. The molecule has 1 aliphatic heterocycles. The number of nitrogens with one attached hydrogen (secondary N) is 1. The number of aryl methyl sites for hydroxylation is 1. The van der Waals surface area contributed by atoms with Crippen molar-refractivity contribution in [2.75, 3.05) is 17.8 Å². The molecule has 0 radical (unpaired) electrons. The van der Waals surface area contributed by atoms with Crippen LogP contribution in [0.5, 0.6) is 0 Å². The number of hydrogen-bond acceptors (Lipinski definition) is 6. The van der Waals surface area contributed by atoms with E-state index in [0.29, 0.717) is 21.1 Å². The number of hydrogen-bond donors (Lipinski definition) is 1. The van der Waals surface area contributed by atoms with E-state index in [2.05, 4.69) is 9.71 Å². The third-order valence-corrected chi connectivity index (χ3v) is 8.88. The van der Waals surface area contributed by atoms with Crippen LogP contribution in [-0.2, 0) is 10.0 Å². The number of thiazole rings is 1. The summed E-state index contributed by atoms with van der Waals surface area (Å²) < 4.78 is 41.5. The molecule has 3 heterocycles. The van der Waals surface area contributed by atoms with E-state index in [0.717, 1.165) is 43.3 Å². The van der Waals surface area contributed by atoms with Gasteiger partial charge in [-0.1, -0.05) is 11.6 Å². The Bertz CT molecular complexity index is 1220. The van der Waals surface area contributed by atoms with Gasteiger partial charge < -0.3 is 4.90 Å². The molecule has 11 heteroatoms. The fourth-order valence-electron chi connectivity index (χ4n) is 3.12. The average molecular weight is 486 g/mol. The molecule has 1 fully saturated rings. The molecule has 1 N–H and O–H groups in total. The predicted molar refractivity (Wildman–Crippen MR) is 118 cm³/mol. The van der Waals surface area contributed by atoms with Crippen molar-refractivity contribution in [1.82, 2.24) is 9.88 Å². The quantitative estimate of drug-likeness (QED) is 0.551. The van der Waals surface area contributed by atoms with Gasteiger partial charge in [-0.15, -0.1) is 22.7 Å². The van der Waals surface area contributed by atoms with Crippen molar-refractivity contribution in [2.45, 2.75) is 24.0 Å². The molecule has 0 atom stereocenters. The van der Waals surface area contributed by atoms with Gasteiger partial charge in [-0.05, 0) is 44.0 Å². The monoisotopic (exact) mass is 485 g/mol. The Kier molecular flexibility index (Phi) is 5.84. The van der Waals surface area contributed by atoms with Crippen molar-refractivity contribution in [3.63, 3.8) is 0 Å². The lowest BCUT2D eigenvalue weighted by atomic mass is 10.3. The molecule has 1 saturated heterocycles. The van der Waals surface area contributed by atoms with Crippen LogP contribution in [0, 0.1) is 12.7 Å². The number of carbonyl (C=O) groups excluding carboxylic acids is 1. The van der Waals surface area contributed by atoms with E-state index in [1.54, 1.807) is 12.3 Å². The van der Waals surface area contributed by atoms with Gasteiger partial charge in [0.2, 0.25) is 0 Å². The Balaban J connectivity index is 1.58. The zero-order valence-electron chi connectivity index (χ0n) is 15.8. The van der Waals surface area contributed by atoms with Crippen molar-refractivity contribution in [1.29, 1.82) is 0 Å². The van der Waals surface area contributed by atoms with Crippen molar-refractivity contribution in [2.24, 2.45) is 0 Å². The number of nitrogens with zero attached hydrogens (tertiary/aromatic N) is 2. The van der Waals surface area contributed by atoms with Crippen molar-refractivity contribution < 1.29 is 17.6 Å². The summed E-state index contributed by atoms with van der Waals surface area (Å²) in [6.45, 7) is 3.27. The zero-order chi connectivity index (χ0) is 21.5. The molecule has 1 aromatic carbocycles. The minimum absolute atomic E-state index is 0.0205. The van der Waals surface area contributed by atoms with Gasteiger partial charge in [0.1, 0.15) is 19.9 Å². The van der Waals surface area contributed by atoms with E-state index in [-0.39, 0.29) is 20.8 Å². The molecule has 1 amide bonds. The van der Waals surface area contributed by atoms with Gasteiger partial charge in [-0.3, -0.25) is 9.52 Å². The SMILES string of the molecule is Cc1nc(-c2csc(S(=O)(=O)Nc3ccc(Cl)cc3F)c2)sc1C(=O)N1CCCC1. The zero-order valence-corrected chi connectivity index (χ0v) is 19.0. The summed E-state index contributed by atoms with van der Waals surface area (Å²) in [5, 5.41) is 2.41. The van der Waals surface area contributed by atoms with Gasteiger partial charge in [0, 0.05) is 29.1 Å². The highest BCUT2D eigenvalue weighted by molar-refractivity contribution is 7.94. The topological polar surface area (TPSA) is 79.4 Å². The highest BCUT2D eigenvalue weighted by Crippen LogP contribution is 2.34. The summed E-state index contributed by atoms with van der Waals surface area (Å²) in [6, 6.07) is 5.18. The van der Waals surface area contributed by atoms with Crippen LogP contribution in [0.4, 0.5) is 10.1 Å². The fraction of sp³-hybridized carbons (Fsp3) is 0.263. The lowest BCUT2D eigenvalue weighted by Crippen LogP contribution is -2.27. The largest absolute Gasteiger partial charge is 0.338 e. The molecule has 0 saturated carbocycles. The second kappa shape index (κ2) is 8.26. The molecule has 3 aromatic rings. The van der Waals surface area contributed by atoms with E-state index >= 15 is 0 Å². The Labute approximate surface area is 186 Å². The first kappa shape index (κ1) is 21.2.